The molecule has 2 N–H and O–H groups in total. The molecule has 0 radical (unpaired) electrons. The molecule has 0 fully saturated rings. The molecule has 0 amide bonds. The van der Waals surface area contributed by atoms with Crippen LogP contribution in [0.2, 0.25) is 0 Å². The number of halogens is 1. The molecule has 0 saturated heterocycles. The summed E-state index contributed by atoms with van der Waals surface area (Å²) in [6.45, 7) is 1.84. The molecule has 0 aliphatic carbocycles. The highest BCUT2D eigenvalue weighted by Crippen LogP contribution is 2.13. The van der Waals surface area contributed by atoms with Crippen LogP contribution < -0.4 is 4.83 Å². The van der Waals surface area contributed by atoms with Gasteiger partial charge < -0.3 is 5.11 Å². The highest BCUT2D eigenvalue weighted by atomic mass is 32.2. The number of carbonyl (C=O) groups is 1. The van der Waals surface area contributed by atoms with Crippen molar-refractivity contribution >= 4 is 21.7 Å². The van der Waals surface area contributed by atoms with E-state index < -0.39 is 21.8 Å². The molecule has 2 aromatic carbocycles. The first-order valence-corrected chi connectivity index (χ1v) is 9.39. The summed E-state index contributed by atoms with van der Waals surface area (Å²) in [6.07, 6.45) is 0.428. The standard InChI is InChI=1S/C18H19FN2O4S/c1-13-5-11-16(12-6-13)26(24,25)21-20-17(3-2-4-18(22)23)14-7-9-15(19)10-8-14/h5-12,21H,2-4H2,1H3,(H,22,23)/b20-17+. The maximum atomic E-state index is 13.1. The van der Waals surface area contributed by atoms with Crippen LogP contribution in [0.5, 0.6) is 0 Å². The molecule has 0 aliphatic rings. The zero-order chi connectivity index (χ0) is 19.2. The van der Waals surface area contributed by atoms with Gasteiger partial charge in [0.1, 0.15) is 5.82 Å². The minimum absolute atomic E-state index is 0.0656. The first-order valence-electron chi connectivity index (χ1n) is 7.91. The first-order chi connectivity index (χ1) is 12.3. The van der Waals surface area contributed by atoms with E-state index in [4.69, 9.17) is 5.11 Å². The Bertz CT molecular complexity index is 892. The van der Waals surface area contributed by atoms with Crippen molar-refractivity contribution in [2.75, 3.05) is 0 Å². The molecule has 0 heterocycles. The molecular weight excluding hydrogens is 359 g/mol. The van der Waals surface area contributed by atoms with Crippen molar-refractivity contribution in [1.29, 1.82) is 0 Å². The Morgan fingerprint density at radius 3 is 2.27 bits per heavy atom. The van der Waals surface area contributed by atoms with E-state index in [9.17, 15) is 17.6 Å². The Morgan fingerprint density at radius 2 is 1.69 bits per heavy atom. The van der Waals surface area contributed by atoms with E-state index in [-0.39, 0.29) is 24.2 Å². The average molecular weight is 378 g/mol. The topological polar surface area (TPSA) is 95.8 Å². The monoisotopic (exact) mass is 378 g/mol. The van der Waals surface area contributed by atoms with Crippen LogP contribution in [0.4, 0.5) is 4.39 Å². The van der Waals surface area contributed by atoms with E-state index >= 15 is 0 Å². The average Bonchev–Trinajstić information content (AvgIpc) is 2.59. The molecule has 0 aromatic heterocycles. The second-order valence-electron chi connectivity index (χ2n) is 5.72. The van der Waals surface area contributed by atoms with Gasteiger partial charge in [0.05, 0.1) is 10.6 Å². The van der Waals surface area contributed by atoms with E-state index in [0.717, 1.165) is 5.56 Å². The third-order valence-electron chi connectivity index (χ3n) is 3.61. The van der Waals surface area contributed by atoms with E-state index in [1.165, 1.54) is 36.4 Å². The van der Waals surface area contributed by atoms with Crippen LogP contribution in [0.1, 0.15) is 30.4 Å². The Morgan fingerprint density at radius 1 is 1.08 bits per heavy atom. The lowest BCUT2D eigenvalue weighted by Crippen LogP contribution is -2.21. The number of sulfonamides is 1. The van der Waals surface area contributed by atoms with Crippen molar-refractivity contribution in [3.05, 3.63) is 65.5 Å². The second kappa shape index (κ2) is 8.57. The highest BCUT2D eigenvalue weighted by Gasteiger charge is 2.14. The summed E-state index contributed by atoms with van der Waals surface area (Å²) in [7, 11) is -3.86. The second-order valence-corrected chi connectivity index (χ2v) is 7.38. The SMILES string of the molecule is Cc1ccc(S(=O)(=O)N/N=C(\CCCC(=O)O)c2ccc(F)cc2)cc1. The van der Waals surface area contributed by atoms with Crippen molar-refractivity contribution < 1.29 is 22.7 Å². The molecule has 0 saturated carbocycles. The smallest absolute Gasteiger partial charge is 0.303 e. The minimum Gasteiger partial charge on any atom is -0.481 e. The number of nitrogens with zero attached hydrogens (tertiary/aromatic N) is 1. The quantitative estimate of drug-likeness (QED) is 0.545. The molecule has 0 spiro atoms. The fourth-order valence-corrected chi connectivity index (χ4v) is 3.03. The lowest BCUT2D eigenvalue weighted by atomic mass is 10.0. The van der Waals surface area contributed by atoms with Crippen molar-refractivity contribution in [2.24, 2.45) is 5.10 Å². The molecule has 2 aromatic rings. The fraction of sp³-hybridized carbons (Fsp3) is 0.222. The van der Waals surface area contributed by atoms with Crippen LogP contribution in [0.3, 0.4) is 0 Å². The minimum atomic E-state index is -3.86. The molecule has 8 heteroatoms. The highest BCUT2D eigenvalue weighted by molar-refractivity contribution is 7.89. The Kier molecular flexibility index (Phi) is 6.46. The molecule has 0 unspecified atom stereocenters. The molecule has 138 valence electrons. The van der Waals surface area contributed by atoms with Gasteiger partial charge in [-0.05, 0) is 49.6 Å². The Hall–Kier alpha value is -2.74. The van der Waals surface area contributed by atoms with Crippen molar-refractivity contribution in [3.63, 3.8) is 0 Å². The van der Waals surface area contributed by atoms with Crippen LogP contribution in [0.15, 0.2) is 58.5 Å². The lowest BCUT2D eigenvalue weighted by molar-refractivity contribution is -0.137. The third-order valence-corrected chi connectivity index (χ3v) is 4.84. The summed E-state index contributed by atoms with van der Waals surface area (Å²) in [5.41, 5.74) is 1.78. The third kappa shape index (κ3) is 5.66. The van der Waals surface area contributed by atoms with Crippen molar-refractivity contribution in [2.45, 2.75) is 31.1 Å². The predicted molar refractivity (Wildman–Crippen MR) is 95.9 cm³/mol. The number of hydrogen-bond acceptors (Lipinski definition) is 4. The number of aryl methyl sites for hydroxylation is 1. The van der Waals surface area contributed by atoms with Gasteiger partial charge in [0.25, 0.3) is 10.0 Å². The van der Waals surface area contributed by atoms with Gasteiger partial charge in [-0.3, -0.25) is 4.79 Å². The number of benzene rings is 2. The van der Waals surface area contributed by atoms with Crippen molar-refractivity contribution in [3.8, 4) is 0 Å². The summed E-state index contributed by atoms with van der Waals surface area (Å²) in [5.74, 6) is -1.39. The van der Waals surface area contributed by atoms with Crippen molar-refractivity contribution in [1.82, 2.24) is 4.83 Å². The van der Waals surface area contributed by atoms with E-state index in [0.29, 0.717) is 11.3 Å². The number of hydrazone groups is 1. The molecule has 6 nitrogen and oxygen atoms in total. The zero-order valence-electron chi connectivity index (χ0n) is 14.1. The van der Waals surface area contributed by atoms with Gasteiger partial charge in [0.15, 0.2) is 0 Å². The number of rotatable bonds is 8. The number of hydrogen-bond donors (Lipinski definition) is 2. The summed E-state index contributed by atoms with van der Waals surface area (Å²) < 4.78 is 37.8. The van der Waals surface area contributed by atoms with Gasteiger partial charge >= 0.3 is 5.97 Å². The van der Waals surface area contributed by atoms with E-state index in [2.05, 4.69) is 9.93 Å². The molecule has 26 heavy (non-hydrogen) atoms. The summed E-state index contributed by atoms with van der Waals surface area (Å²) in [6, 6.07) is 11.7. The van der Waals surface area contributed by atoms with Gasteiger partial charge in [0, 0.05) is 6.42 Å². The van der Waals surface area contributed by atoms with Crippen LogP contribution in [0, 0.1) is 12.7 Å². The Labute approximate surface area is 151 Å². The predicted octanol–water partition coefficient (Wildman–Crippen LogP) is 3.07. The largest absolute Gasteiger partial charge is 0.481 e. The number of carboxylic acid groups (broad SMARTS) is 1. The molecule has 0 aliphatic heterocycles. The summed E-state index contributed by atoms with van der Waals surface area (Å²) in [4.78, 5) is 12.9. The maximum Gasteiger partial charge on any atom is 0.303 e. The maximum absolute atomic E-state index is 13.1. The van der Waals surface area contributed by atoms with Crippen LogP contribution in [-0.2, 0) is 14.8 Å². The molecule has 0 atom stereocenters. The van der Waals surface area contributed by atoms with Gasteiger partial charge in [-0.15, -0.1) is 0 Å². The van der Waals surface area contributed by atoms with Crippen LogP contribution >= 0.6 is 0 Å². The van der Waals surface area contributed by atoms with Crippen LogP contribution in [-0.4, -0.2) is 25.2 Å². The number of aliphatic carboxylic acids is 1. The molecule has 0 bridgehead atoms. The first kappa shape index (κ1) is 19.6. The fourth-order valence-electron chi connectivity index (χ4n) is 2.20. The van der Waals surface area contributed by atoms with E-state index in [1.807, 2.05) is 6.92 Å². The molecular formula is C18H19FN2O4S. The van der Waals surface area contributed by atoms with Gasteiger partial charge in [0.2, 0.25) is 0 Å². The number of nitrogens with one attached hydrogen (secondary N) is 1. The molecule has 2 rings (SSSR count). The van der Waals surface area contributed by atoms with Gasteiger partial charge in [-0.2, -0.15) is 18.4 Å². The van der Waals surface area contributed by atoms with Crippen LogP contribution in [0.25, 0.3) is 0 Å². The lowest BCUT2D eigenvalue weighted by Gasteiger charge is -2.09. The summed E-state index contributed by atoms with van der Waals surface area (Å²) in [5, 5.41) is 12.7. The Balaban J connectivity index is 2.24. The zero-order valence-corrected chi connectivity index (χ0v) is 15.0. The number of carboxylic acids is 1. The normalized spacial score (nSPS) is 12.0. The van der Waals surface area contributed by atoms with Gasteiger partial charge in [-0.1, -0.05) is 29.8 Å². The van der Waals surface area contributed by atoms with Gasteiger partial charge in [-0.25, -0.2) is 4.39 Å². The van der Waals surface area contributed by atoms with E-state index in [1.54, 1.807) is 12.1 Å². The summed E-state index contributed by atoms with van der Waals surface area (Å²) >= 11 is 0.